The lowest BCUT2D eigenvalue weighted by atomic mass is 9.93. The Morgan fingerprint density at radius 2 is 1.70 bits per heavy atom. The first kappa shape index (κ1) is 30.4. The molecule has 1 fully saturated rings. The highest BCUT2D eigenvalue weighted by Crippen LogP contribution is 2.41. The van der Waals surface area contributed by atoms with Crippen LogP contribution in [0.25, 0.3) is 0 Å². The minimum Gasteiger partial charge on any atom is -0.495 e. The highest BCUT2D eigenvalue weighted by atomic mass is 19.4. The van der Waals surface area contributed by atoms with E-state index in [1.807, 2.05) is 24.3 Å². The third-order valence-corrected chi connectivity index (χ3v) is 8.36. The summed E-state index contributed by atoms with van der Waals surface area (Å²) < 4.78 is 47.9. The second kappa shape index (κ2) is 12.3. The van der Waals surface area contributed by atoms with Gasteiger partial charge in [0.15, 0.2) is 0 Å². The first-order valence-corrected chi connectivity index (χ1v) is 14.5. The number of nitrogens with zero attached hydrogens (tertiary/aromatic N) is 5. The van der Waals surface area contributed by atoms with Crippen molar-refractivity contribution in [1.82, 2.24) is 19.8 Å². The summed E-state index contributed by atoms with van der Waals surface area (Å²) in [6.45, 7) is 7.99. The first-order valence-electron chi connectivity index (χ1n) is 14.5. The number of carbonyl (C=O) groups is 1. The minimum absolute atomic E-state index is 0.0433. The Hall–Kier alpha value is -4.06. The summed E-state index contributed by atoms with van der Waals surface area (Å²) in [6.07, 6.45) is -2.03. The Bertz CT molecular complexity index is 1480. The van der Waals surface area contributed by atoms with Crippen LogP contribution >= 0.6 is 0 Å². The highest BCUT2D eigenvalue weighted by molar-refractivity contribution is 6.05. The zero-order valence-electron chi connectivity index (χ0n) is 25.2. The summed E-state index contributed by atoms with van der Waals surface area (Å²) in [6, 6.07) is 9.26. The number of ether oxygens (including phenoxy) is 1. The number of rotatable bonds is 9. The van der Waals surface area contributed by atoms with E-state index in [2.05, 4.69) is 51.3 Å². The molecule has 1 saturated heterocycles. The number of amides is 1. The Morgan fingerprint density at radius 3 is 2.35 bits per heavy atom. The van der Waals surface area contributed by atoms with Gasteiger partial charge < -0.3 is 30.1 Å². The fourth-order valence-electron chi connectivity index (χ4n) is 5.81. The molecule has 5 rings (SSSR count). The number of halogens is 3. The molecule has 3 aromatic rings. The van der Waals surface area contributed by atoms with Gasteiger partial charge in [0.2, 0.25) is 5.95 Å². The molecule has 0 aliphatic carbocycles. The second-order valence-electron chi connectivity index (χ2n) is 11.1. The van der Waals surface area contributed by atoms with Gasteiger partial charge in [0, 0.05) is 57.2 Å². The number of nitrogens with one attached hydrogen (secondary N) is 2. The largest absolute Gasteiger partial charge is 0.495 e. The molecule has 0 bridgehead atoms. The van der Waals surface area contributed by atoms with E-state index < -0.39 is 17.6 Å². The van der Waals surface area contributed by atoms with E-state index >= 15 is 0 Å². The smallest absolute Gasteiger partial charge is 0.421 e. The zero-order chi connectivity index (χ0) is 30.9. The van der Waals surface area contributed by atoms with Crippen molar-refractivity contribution in [2.75, 3.05) is 62.9 Å². The maximum absolute atomic E-state index is 14.1. The van der Waals surface area contributed by atoms with Gasteiger partial charge >= 0.3 is 6.18 Å². The van der Waals surface area contributed by atoms with Crippen molar-refractivity contribution in [3.8, 4) is 5.75 Å². The normalized spacial score (nSPS) is 15.7. The van der Waals surface area contributed by atoms with Crippen LogP contribution in [0.15, 0.2) is 36.5 Å². The van der Waals surface area contributed by atoms with Crippen LogP contribution in [0.3, 0.4) is 0 Å². The van der Waals surface area contributed by atoms with Crippen molar-refractivity contribution in [1.29, 1.82) is 0 Å². The van der Waals surface area contributed by atoms with E-state index in [1.54, 1.807) is 18.0 Å². The molecule has 0 unspecified atom stereocenters. The molecule has 2 N–H and O–H groups in total. The molecule has 1 aromatic heterocycles. The summed E-state index contributed by atoms with van der Waals surface area (Å²) >= 11 is 0. The monoisotopic (exact) mass is 597 g/mol. The zero-order valence-corrected chi connectivity index (χ0v) is 25.2. The van der Waals surface area contributed by atoms with Gasteiger partial charge in [0.25, 0.3) is 5.91 Å². The number of methoxy groups -OCH3 is 1. The van der Waals surface area contributed by atoms with Crippen LogP contribution in [0.2, 0.25) is 0 Å². The van der Waals surface area contributed by atoms with Gasteiger partial charge in [0.1, 0.15) is 17.1 Å². The van der Waals surface area contributed by atoms with Crippen molar-refractivity contribution >= 4 is 34.7 Å². The lowest BCUT2D eigenvalue weighted by Crippen LogP contribution is -2.44. The van der Waals surface area contributed by atoms with Crippen molar-refractivity contribution in [2.24, 2.45) is 0 Å². The Morgan fingerprint density at radius 1 is 1.00 bits per heavy atom. The number of anilines is 5. The maximum atomic E-state index is 14.1. The summed E-state index contributed by atoms with van der Waals surface area (Å²) in [4.78, 5) is 27.5. The number of hydrogen-bond donors (Lipinski definition) is 2. The average molecular weight is 598 g/mol. The molecule has 230 valence electrons. The molecule has 43 heavy (non-hydrogen) atoms. The maximum Gasteiger partial charge on any atom is 0.421 e. The molecule has 0 atom stereocenters. The number of likely N-dealkylation sites (N-methyl/N-ethyl adjacent to an activating group) is 1. The molecule has 0 radical (unpaired) electrons. The van der Waals surface area contributed by atoms with Gasteiger partial charge in [-0.3, -0.25) is 4.79 Å². The van der Waals surface area contributed by atoms with Crippen LogP contribution in [-0.2, 0) is 12.7 Å². The number of aromatic nitrogens is 2. The van der Waals surface area contributed by atoms with Crippen LogP contribution in [0.4, 0.5) is 42.0 Å². The van der Waals surface area contributed by atoms with Gasteiger partial charge in [-0.05, 0) is 55.6 Å². The average Bonchev–Trinajstić information content (AvgIpc) is 3.28. The fourth-order valence-corrected chi connectivity index (χ4v) is 5.81. The second-order valence-corrected chi connectivity index (χ2v) is 11.1. The number of fused-ring (bicyclic) bond motifs is 1. The van der Waals surface area contributed by atoms with E-state index in [4.69, 9.17) is 4.74 Å². The lowest BCUT2D eigenvalue weighted by Gasteiger charge is -2.35. The van der Waals surface area contributed by atoms with Crippen molar-refractivity contribution in [2.45, 2.75) is 45.3 Å². The summed E-state index contributed by atoms with van der Waals surface area (Å²) in [5, 5.41) is 5.86. The molecule has 2 aliphatic rings. The SMILES string of the molecule is CCC(CC)c1ccc(Nc2ncc(C(F)(F)F)c(Nc3ccc(N4CCN(C)CC4)c4c3C(=O)N(C)C4)n2)c(OC)c1. The molecule has 0 spiro atoms. The topological polar surface area (TPSA) is 85.9 Å². The highest BCUT2D eigenvalue weighted by Gasteiger charge is 2.37. The third kappa shape index (κ3) is 6.20. The minimum atomic E-state index is -4.72. The molecule has 0 saturated carbocycles. The van der Waals surface area contributed by atoms with Crippen LogP contribution in [-0.4, -0.2) is 73.1 Å². The first-order chi connectivity index (χ1) is 20.5. The fraction of sp³-hybridized carbons (Fsp3) is 0.452. The lowest BCUT2D eigenvalue weighted by molar-refractivity contribution is -0.137. The van der Waals surface area contributed by atoms with E-state index in [-0.39, 0.29) is 17.5 Å². The number of piperazine rings is 1. The van der Waals surface area contributed by atoms with Crippen molar-refractivity contribution in [3.05, 3.63) is 58.8 Å². The van der Waals surface area contributed by atoms with Crippen LogP contribution in [0, 0.1) is 0 Å². The summed E-state index contributed by atoms with van der Waals surface area (Å²) in [5.41, 5.74) is 2.96. The van der Waals surface area contributed by atoms with Crippen LogP contribution in [0.5, 0.6) is 5.75 Å². The molecule has 12 heteroatoms. The Kier molecular flexibility index (Phi) is 8.68. The van der Waals surface area contributed by atoms with Crippen molar-refractivity contribution in [3.63, 3.8) is 0 Å². The molecule has 3 heterocycles. The van der Waals surface area contributed by atoms with E-state index in [0.29, 0.717) is 29.5 Å². The predicted molar refractivity (Wildman–Crippen MR) is 162 cm³/mol. The van der Waals surface area contributed by atoms with Crippen molar-refractivity contribution < 1.29 is 22.7 Å². The number of alkyl halides is 3. The quantitative estimate of drug-likeness (QED) is 0.300. The van der Waals surface area contributed by atoms with E-state index in [1.165, 1.54) is 7.11 Å². The van der Waals surface area contributed by atoms with Crippen LogP contribution in [0.1, 0.15) is 59.7 Å². The molecular weight excluding hydrogens is 559 g/mol. The third-order valence-electron chi connectivity index (χ3n) is 8.36. The van der Waals surface area contributed by atoms with Gasteiger partial charge in [-0.2, -0.15) is 18.2 Å². The van der Waals surface area contributed by atoms with Gasteiger partial charge in [-0.15, -0.1) is 0 Å². The number of carbonyl (C=O) groups excluding carboxylic acids is 1. The Balaban J connectivity index is 1.50. The summed E-state index contributed by atoms with van der Waals surface area (Å²) in [7, 11) is 5.29. The van der Waals surface area contributed by atoms with Gasteiger partial charge in [0.05, 0.1) is 24.0 Å². The molecule has 9 nitrogen and oxygen atoms in total. The van der Waals surface area contributed by atoms with E-state index in [9.17, 15) is 18.0 Å². The summed E-state index contributed by atoms with van der Waals surface area (Å²) in [5.74, 6) is 0.157. The van der Waals surface area contributed by atoms with Crippen LogP contribution < -0.4 is 20.3 Å². The standard InChI is InChI=1S/C31H38F3N7O2/c1-6-19(7-2)20-8-9-23(26(16-20)43-5)37-30-35-17-22(31(32,33)34)28(38-30)36-24-10-11-25(41-14-12-39(3)13-15-41)21-18-40(4)29(42)27(21)24/h8-11,16-17,19H,6-7,12-15,18H2,1-5H3,(H2,35,36,37,38). The van der Waals surface area contributed by atoms with Gasteiger partial charge in [-0.25, -0.2) is 4.98 Å². The predicted octanol–water partition coefficient (Wildman–Crippen LogP) is 6.23. The molecule has 2 aliphatic heterocycles. The van der Waals surface area contributed by atoms with Gasteiger partial charge in [-0.1, -0.05) is 19.9 Å². The van der Waals surface area contributed by atoms with E-state index in [0.717, 1.165) is 62.0 Å². The molecular formula is C31H38F3N7O2. The molecule has 1 amide bonds. The molecule has 2 aromatic carbocycles. The number of hydrogen-bond acceptors (Lipinski definition) is 8. The number of benzene rings is 2. The Labute approximate surface area is 250 Å².